The summed E-state index contributed by atoms with van der Waals surface area (Å²) in [7, 11) is 1.65. The van der Waals surface area contributed by atoms with E-state index in [2.05, 4.69) is 18.9 Å². The van der Waals surface area contributed by atoms with E-state index in [0.29, 0.717) is 22.3 Å². The minimum Gasteiger partial charge on any atom is -0.496 e. The Labute approximate surface area is 214 Å². The van der Waals surface area contributed by atoms with E-state index in [4.69, 9.17) is 26.1 Å². The number of halogens is 1. The quantitative estimate of drug-likeness (QED) is 0.184. The van der Waals surface area contributed by atoms with Gasteiger partial charge in [-0.2, -0.15) is 9.78 Å². The number of carbonyl (C=O) groups is 1. The third-order valence-corrected chi connectivity index (χ3v) is 6.02. The summed E-state index contributed by atoms with van der Waals surface area (Å²) >= 11 is 6.26. The fourth-order valence-electron chi connectivity index (χ4n) is 3.93. The number of esters is 1. The number of carbonyl (C=O) groups excluding carboxylic acids is 1. The highest BCUT2D eigenvalue weighted by Gasteiger charge is 2.18. The van der Waals surface area contributed by atoms with Crippen molar-refractivity contribution in [3.05, 3.63) is 86.7 Å². The molecule has 0 N–H and O–H groups in total. The lowest BCUT2D eigenvalue weighted by molar-refractivity contribution is -0.131. The fraction of sp³-hybridized carbons (Fsp3) is 0.214. The van der Waals surface area contributed by atoms with Gasteiger partial charge in [0, 0.05) is 12.5 Å². The highest BCUT2D eigenvalue weighted by molar-refractivity contribution is 6.32. The van der Waals surface area contributed by atoms with Gasteiger partial charge in [-0.15, -0.1) is 0 Å². The molecular formula is C28H26ClN3O4. The van der Waals surface area contributed by atoms with E-state index in [-0.39, 0.29) is 22.2 Å². The van der Waals surface area contributed by atoms with Gasteiger partial charge in [0.15, 0.2) is 5.82 Å². The van der Waals surface area contributed by atoms with Crippen molar-refractivity contribution < 1.29 is 14.3 Å². The number of nitrogens with zero attached hydrogens (tertiary/aromatic N) is 3. The smallest absolute Gasteiger partial charge is 0.308 e. The van der Waals surface area contributed by atoms with Crippen LogP contribution in [0.1, 0.15) is 43.4 Å². The average Bonchev–Trinajstić information content (AvgIpc) is 2.84. The highest BCUT2D eigenvalue weighted by Crippen LogP contribution is 2.34. The third-order valence-electron chi connectivity index (χ3n) is 5.73. The molecule has 7 nitrogen and oxygen atoms in total. The molecule has 1 heterocycles. The standard InChI is InChI=1S/C28H26ClN3O4/c1-16(2)21-14-22(17(3)12-26(21)35-5)27-31-24-9-7-6-8-20(24)28(34)32(27)30-15-19-10-11-25(23(29)13-19)36-18(4)33/h6-16H,1-5H3. The van der Waals surface area contributed by atoms with Crippen LogP contribution < -0.4 is 15.0 Å². The summed E-state index contributed by atoms with van der Waals surface area (Å²) in [6, 6.07) is 16.0. The zero-order valence-corrected chi connectivity index (χ0v) is 21.5. The largest absolute Gasteiger partial charge is 0.496 e. The van der Waals surface area contributed by atoms with Crippen molar-refractivity contribution in [3.8, 4) is 22.9 Å². The Morgan fingerprint density at radius 2 is 1.86 bits per heavy atom. The number of methoxy groups -OCH3 is 1. The van der Waals surface area contributed by atoms with Crippen molar-refractivity contribution >= 4 is 34.7 Å². The first-order chi connectivity index (χ1) is 17.2. The molecule has 0 atom stereocenters. The first-order valence-corrected chi connectivity index (χ1v) is 11.8. The zero-order valence-electron chi connectivity index (χ0n) is 20.7. The van der Waals surface area contributed by atoms with Crippen LogP contribution in [0.15, 0.2) is 64.5 Å². The van der Waals surface area contributed by atoms with Crippen LogP contribution in [0, 0.1) is 6.92 Å². The van der Waals surface area contributed by atoms with Crippen LogP contribution in [0.2, 0.25) is 5.02 Å². The first-order valence-electron chi connectivity index (χ1n) is 11.4. The SMILES string of the molecule is COc1cc(C)c(-c2nc3ccccc3c(=O)n2N=Cc2ccc(OC(C)=O)c(Cl)c2)cc1C(C)C. The van der Waals surface area contributed by atoms with Gasteiger partial charge in [0.25, 0.3) is 5.56 Å². The second-order valence-corrected chi connectivity index (χ2v) is 9.07. The van der Waals surface area contributed by atoms with Crippen molar-refractivity contribution in [2.45, 2.75) is 33.6 Å². The van der Waals surface area contributed by atoms with Crippen molar-refractivity contribution in [1.82, 2.24) is 9.66 Å². The van der Waals surface area contributed by atoms with Gasteiger partial charge < -0.3 is 9.47 Å². The van der Waals surface area contributed by atoms with Crippen LogP contribution in [0.4, 0.5) is 0 Å². The second kappa shape index (κ2) is 10.3. The Morgan fingerprint density at radius 1 is 1.11 bits per heavy atom. The lowest BCUT2D eigenvalue weighted by Crippen LogP contribution is -2.20. The summed E-state index contributed by atoms with van der Waals surface area (Å²) in [5.41, 5.74) is 3.59. The van der Waals surface area contributed by atoms with E-state index in [0.717, 1.165) is 22.4 Å². The molecule has 0 amide bonds. The van der Waals surface area contributed by atoms with Gasteiger partial charge in [-0.25, -0.2) is 4.98 Å². The van der Waals surface area contributed by atoms with E-state index in [9.17, 15) is 9.59 Å². The zero-order chi connectivity index (χ0) is 26.0. The van der Waals surface area contributed by atoms with Gasteiger partial charge in [-0.1, -0.05) is 37.6 Å². The summed E-state index contributed by atoms with van der Waals surface area (Å²) in [6.45, 7) is 7.42. The Morgan fingerprint density at radius 3 is 2.53 bits per heavy atom. The molecule has 0 aliphatic carbocycles. The molecule has 4 aromatic rings. The molecule has 8 heteroatoms. The van der Waals surface area contributed by atoms with Crippen molar-refractivity contribution in [3.63, 3.8) is 0 Å². The predicted molar refractivity (Wildman–Crippen MR) is 143 cm³/mol. The molecule has 0 spiro atoms. The molecule has 184 valence electrons. The summed E-state index contributed by atoms with van der Waals surface area (Å²) in [5, 5.41) is 5.22. The summed E-state index contributed by atoms with van der Waals surface area (Å²) in [4.78, 5) is 29.6. The Balaban J connectivity index is 1.91. The van der Waals surface area contributed by atoms with Crippen molar-refractivity contribution in [1.29, 1.82) is 0 Å². The number of ether oxygens (including phenoxy) is 2. The lowest BCUT2D eigenvalue weighted by atomic mass is 9.96. The molecule has 0 unspecified atom stereocenters. The molecule has 0 aliphatic rings. The third kappa shape index (κ3) is 5.02. The molecule has 3 aromatic carbocycles. The maximum absolute atomic E-state index is 13.5. The Bertz CT molecular complexity index is 1560. The predicted octanol–water partition coefficient (Wildman–Crippen LogP) is 5.96. The Hall–Kier alpha value is -3.97. The van der Waals surface area contributed by atoms with E-state index in [1.165, 1.54) is 17.8 Å². The minimum absolute atomic E-state index is 0.196. The van der Waals surface area contributed by atoms with E-state index in [1.807, 2.05) is 31.2 Å². The van der Waals surface area contributed by atoms with Crippen molar-refractivity contribution in [2.75, 3.05) is 7.11 Å². The van der Waals surface area contributed by atoms with Crippen LogP contribution >= 0.6 is 11.6 Å². The van der Waals surface area contributed by atoms with Gasteiger partial charge in [0.2, 0.25) is 0 Å². The van der Waals surface area contributed by atoms with Crippen LogP contribution in [-0.4, -0.2) is 29.0 Å². The maximum Gasteiger partial charge on any atom is 0.308 e. The number of benzene rings is 3. The Kier molecular flexibility index (Phi) is 7.22. The number of para-hydroxylation sites is 1. The molecule has 36 heavy (non-hydrogen) atoms. The molecule has 1 aromatic heterocycles. The molecule has 4 rings (SSSR count). The number of aryl methyl sites for hydroxylation is 1. The van der Waals surface area contributed by atoms with Gasteiger partial charge in [0.1, 0.15) is 11.5 Å². The molecule has 0 fully saturated rings. The number of rotatable bonds is 6. The van der Waals surface area contributed by atoms with Crippen LogP contribution in [0.3, 0.4) is 0 Å². The topological polar surface area (TPSA) is 82.8 Å². The monoisotopic (exact) mass is 503 g/mol. The van der Waals surface area contributed by atoms with Gasteiger partial charge in [-0.3, -0.25) is 9.59 Å². The first kappa shape index (κ1) is 25.1. The molecular weight excluding hydrogens is 478 g/mol. The van der Waals surface area contributed by atoms with Gasteiger partial charge >= 0.3 is 5.97 Å². The molecule has 0 radical (unpaired) electrons. The van der Waals surface area contributed by atoms with Crippen LogP contribution in [0.25, 0.3) is 22.3 Å². The van der Waals surface area contributed by atoms with Crippen molar-refractivity contribution in [2.24, 2.45) is 5.10 Å². The normalized spacial score (nSPS) is 11.4. The minimum atomic E-state index is -0.465. The summed E-state index contributed by atoms with van der Waals surface area (Å²) in [5.74, 6) is 1.18. The van der Waals surface area contributed by atoms with Crippen LogP contribution in [-0.2, 0) is 4.79 Å². The number of aromatic nitrogens is 2. The van der Waals surface area contributed by atoms with Gasteiger partial charge in [-0.05, 0) is 72.0 Å². The van der Waals surface area contributed by atoms with E-state index < -0.39 is 5.97 Å². The average molecular weight is 504 g/mol. The summed E-state index contributed by atoms with van der Waals surface area (Å²) < 4.78 is 12.0. The fourth-order valence-corrected chi connectivity index (χ4v) is 4.16. The molecule has 0 bridgehead atoms. The van der Waals surface area contributed by atoms with E-state index in [1.54, 1.807) is 37.4 Å². The van der Waals surface area contributed by atoms with E-state index >= 15 is 0 Å². The maximum atomic E-state index is 13.5. The molecule has 0 saturated heterocycles. The number of fused-ring (bicyclic) bond motifs is 1. The van der Waals surface area contributed by atoms with Gasteiger partial charge in [0.05, 0.1) is 29.2 Å². The highest BCUT2D eigenvalue weighted by atomic mass is 35.5. The number of hydrogen-bond donors (Lipinski definition) is 0. The molecule has 0 aliphatic heterocycles. The molecule has 0 saturated carbocycles. The lowest BCUT2D eigenvalue weighted by Gasteiger charge is -2.17. The number of hydrogen-bond acceptors (Lipinski definition) is 6. The van der Waals surface area contributed by atoms with Crippen LogP contribution in [0.5, 0.6) is 11.5 Å². The second-order valence-electron chi connectivity index (χ2n) is 8.66. The summed E-state index contributed by atoms with van der Waals surface area (Å²) in [6.07, 6.45) is 1.52.